The molecule has 2 aromatic heterocycles. The van der Waals surface area contributed by atoms with Crippen molar-refractivity contribution in [2.75, 3.05) is 5.32 Å². The third-order valence-corrected chi connectivity index (χ3v) is 7.44. The van der Waals surface area contributed by atoms with Crippen LogP contribution in [0.1, 0.15) is 37.7 Å². The number of anilines is 1. The normalized spacial score (nSPS) is 15.0. The largest absolute Gasteiger partial charge is 0.379 e. The Labute approximate surface area is 213 Å². The molecule has 2 aromatic carbocycles. The van der Waals surface area contributed by atoms with Crippen LogP contribution in [0, 0.1) is 0 Å². The minimum absolute atomic E-state index is 0.238. The lowest BCUT2D eigenvalue weighted by Crippen LogP contribution is -2.23. The average Bonchev–Trinajstić information content (AvgIpc) is 3.21. The zero-order chi connectivity index (χ0) is 24.3. The molecule has 0 bridgehead atoms. The minimum Gasteiger partial charge on any atom is -0.379 e. The van der Waals surface area contributed by atoms with Crippen molar-refractivity contribution >= 4 is 43.6 Å². The molecule has 0 amide bonds. The van der Waals surface area contributed by atoms with Gasteiger partial charge < -0.3 is 9.50 Å². The van der Waals surface area contributed by atoms with Crippen molar-refractivity contribution < 1.29 is 12.6 Å². The molecule has 0 atom stereocenters. The maximum atomic E-state index is 12.6. The molecule has 1 aliphatic carbocycles. The molecule has 4 aromatic rings. The number of benzene rings is 2. The monoisotopic (exact) mass is 551 g/mol. The summed E-state index contributed by atoms with van der Waals surface area (Å²) in [6, 6.07) is 20.6. The highest BCUT2D eigenvalue weighted by molar-refractivity contribution is 9.10. The van der Waals surface area contributed by atoms with Crippen LogP contribution in [0.5, 0.6) is 5.75 Å². The fourth-order valence-electron chi connectivity index (χ4n) is 4.38. The molecule has 5 rings (SSSR count). The van der Waals surface area contributed by atoms with Crippen LogP contribution in [0.2, 0.25) is 0 Å². The van der Waals surface area contributed by atoms with Crippen molar-refractivity contribution in [3.8, 4) is 17.0 Å². The summed E-state index contributed by atoms with van der Waals surface area (Å²) in [5.74, 6) is 1.14. The van der Waals surface area contributed by atoms with Crippen molar-refractivity contribution in [3.05, 3.63) is 88.4 Å². The first-order chi connectivity index (χ1) is 17.0. The summed E-state index contributed by atoms with van der Waals surface area (Å²) >= 11 is 3.56. The van der Waals surface area contributed by atoms with Gasteiger partial charge in [0.1, 0.15) is 22.9 Å². The first-order valence-corrected chi connectivity index (χ1v) is 14.0. The van der Waals surface area contributed by atoms with Gasteiger partial charge in [0.25, 0.3) is 0 Å². The molecular formula is C27H26BrN3O3S. The van der Waals surface area contributed by atoms with E-state index >= 15 is 0 Å². The summed E-state index contributed by atoms with van der Waals surface area (Å²) in [6.45, 7) is 0. The minimum atomic E-state index is -3.92. The van der Waals surface area contributed by atoms with Gasteiger partial charge in [-0.15, -0.1) is 0 Å². The third kappa shape index (κ3) is 5.77. The van der Waals surface area contributed by atoms with Gasteiger partial charge >= 0.3 is 10.1 Å². The highest BCUT2D eigenvalue weighted by atomic mass is 79.9. The van der Waals surface area contributed by atoms with Crippen LogP contribution >= 0.6 is 15.9 Å². The lowest BCUT2D eigenvalue weighted by atomic mass is 9.95. The molecule has 2 heterocycles. The highest BCUT2D eigenvalue weighted by Crippen LogP contribution is 2.34. The number of imidazole rings is 1. The molecule has 0 aliphatic heterocycles. The van der Waals surface area contributed by atoms with Gasteiger partial charge in [-0.1, -0.05) is 61.7 Å². The number of nitrogens with zero attached hydrogens (tertiary/aromatic N) is 2. The van der Waals surface area contributed by atoms with Gasteiger partial charge in [0.2, 0.25) is 0 Å². The number of fused-ring (bicyclic) bond motifs is 1. The number of pyridine rings is 1. The van der Waals surface area contributed by atoms with Gasteiger partial charge in [-0.3, -0.25) is 4.40 Å². The van der Waals surface area contributed by atoms with Crippen LogP contribution in [-0.2, 0) is 10.1 Å². The number of hydrogen-bond acceptors (Lipinski definition) is 5. The van der Waals surface area contributed by atoms with Crippen molar-refractivity contribution in [2.45, 2.75) is 38.1 Å². The molecule has 1 fully saturated rings. The Hall–Kier alpha value is -3.10. The van der Waals surface area contributed by atoms with Crippen LogP contribution in [0.15, 0.2) is 82.8 Å². The summed E-state index contributed by atoms with van der Waals surface area (Å²) in [6.07, 6.45) is 9.46. The summed E-state index contributed by atoms with van der Waals surface area (Å²) < 4.78 is 33.6. The van der Waals surface area contributed by atoms with E-state index in [2.05, 4.69) is 21.2 Å². The van der Waals surface area contributed by atoms with E-state index < -0.39 is 10.1 Å². The number of hydrogen-bond donors (Lipinski definition) is 1. The van der Waals surface area contributed by atoms with Gasteiger partial charge in [0.05, 0.1) is 5.41 Å². The molecule has 1 N–H and O–H groups in total. The molecule has 1 saturated carbocycles. The van der Waals surface area contributed by atoms with Gasteiger partial charge in [0, 0.05) is 22.3 Å². The smallest absolute Gasteiger partial charge is 0.332 e. The summed E-state index contributed by atoms with van der Waals surface area (Å²) in [4.78, 5) is 4.86. The number of aromatic nitrogens is 2. The Morgan fingerprint density at radius 3 is 2.60 bits per heavy atom. The van der Waals surface area contributed by atoms with E-state index in [4.69, 9.17) is 9.17 Å². The van der Waals surface area contributed by atoms with Crippen LogP contribution < -0.4 is 9.50 Å². The first kappa shape index (κ1) is 23.6. The van der Waals surface area contributed by atoms with E-state index in [9.17, 15) is 8.42 Å². The maximum Gasteiger partial charge on any atom is 0.332 e. The molecule has 0 unspecified atom stereocenters. The average molecular weight is 552 g/mol. The second kappa shape index (κ2) is 10.3. The molecule has 0 saturated heterocycles. The molecular weight excluding hydrogens is 526 g/mol. The van der Waals surface area contributed by atoms with Gasteiger partial charge in [0.15, 0.2) is 0 Å². The maximum absolute atomic E-state index is 12.6. The van der Waals surface area contributed by atoms with E-state index in [-0.39, 0.29) is 5.75 Å². The highest BCUT2D eigenvalue weighted by Gasteiger charge is 2.20. The Bertz CT molecular complexity index is 1460. The van der Waals surface area contributed by atoms with E-state index in [0.29, 0.717) is 6.04 Å². The van der Waals surface area contributed by atoms with Crippen molar-refractivity contribution in [3.63, 3.8) is 0 Å². The Balaban J connectivity index is 1.46. The molecule has 6 nitrogen and oxygen atoms in total. The zero-order valence-electron chi connectivity index (χ0n) is 19.1. The van der Waals surface area contributed by atoms with E-state index in [0.717, 1.165) is 51.0 Å². The van der Waals surface area contributed by atoms with Gasteiger partial charge in [-0.05, 0) is 64.7 Å². The number of halogens is 1. The quantitative estimate of drug-likeness (QED) is 0.253. The fourth-order valence-corrected chi connectivity index (χ4v) is 5.47. The summed E-state index contributed by atoms with van der Waals surface area (Å²) in [5.41, 5.74) is 3.13. The number of nitrogens with one attached hydrogen (secondary N) is 1. The molecule has 0 radical (unpaired) electrons. The second-order valence-corrected chi connectivity index (χ2v) is 11.0. The van der Waals surface area contributed by atoms with Gasteiger partial charge in [-0.25, -0.2) is 4.98 Å². The lowest BCUT2D eigenvalue weighted by molar-refractivity contribution is 0.462. The van der Waals surface area contributed by atoms with E-state index in [1.165, 1.54) is 25.3 Å². The SMILES string of the molecule is O=S(=O)(/C=C/c1ccccc1)Oc1cccc(-c2nc3ccc(Br)cn3c2NC2CCCCC2)c1. The Kier molecular flexibility index (Phi) is 6.92. The molecule has 180 valence electrons. The van der Waals surface area contributed by atoms with Gasteiger partial charge in [-0.2, -0.15) is 8.42 Å². The third-order valence-electron chi connectivity index (χ3n) is 6.08. The van der Waals surface area contributed by atoms with Crippen molar-refractivity contribution in [1.82, 2.24) is 9.38 Å². The summed E-state index contributed by atoms with van der Waals surface area (Å²) in [7, 11) is -3.92. The van der Waals surface area contributed by atoms with Crippen LogP contribution in [-0.4, -0.2) is 23.8 Å². The number of rotatable bonds is 7. The van der Waals surface area contributed by atoms with Crippen LogP contribution in [0.4, 0.5) is 5.82 Å². The molecule has 8 heteroatoms. The molecule has 35 heavy (non-hydrogen) atoms. The first-order valence-electron chi connectivity index (χ1n) is 11.7. The van der Waals surface area contributed by atoms with Crippen molar-refractivity contribution in [1.29, 1.82) is 0 Å². The zero-order valence-corrected chi connectivity index (χ0v) is 21.5. The van der Waals surface area contributed by atoms with E-state index in [1.807, 2.05) is 59.1 Å². The summed E-state index contributed by atoms with van der Waals surface area (Å²) in [5, 5.41) is 4.79. The Morgan fingerprint density at radius 1 is 1.00 bits per heavy atom. The van der Waals surface area contributed by atoms with E-state index in [1.54, 1.807) is 18.2 Å². The van der Waals surface area contributed by atoms with Crippen LogP contribution in [0.3, 0.4) is 0 Å². The topological polar surface area (TPSA) is 72.7 Å². The fraction of sp³-hybridized carbons (Fsp3) is 0.222. The lowest BCUT2D eigenvalue weighted by Gasteiger charge is -2.24. The predicted octanol–water partition coefficient (Wildman–Crippen LogP) is 6.89. The van der Waals surface area contributed by atoms with Crippen molar-refractivity contribution in [2.24, 2.45) is 0 Å². The predicted molar refractivity (Wildman–Crippen MR) is 144 cm³/mol. The standard InChI is InChI=1S/C27H26BrN3O3S/c28-22-14-15-25-30-26(27(31(25)19-22)29-23-11-5-2-6-12-23)21-10-7-13-24(18-21)34-35(32,33)17-16-20-8-3-1-4-9-20/h1,3-4,7-10,13-19,23,29H,2,5-6,11-12H2/b17-16+. The molecule has 1 aliphatic rings. The second-order valence-electron chi connectivity index (χ2n) is 8.68. The Morgan fingerprint density at radius 2 is 1.80 bits per heavy atom. The van der Waals surface area contributed by atoms with Crippen LogP contribution in [0.25, 0.3) is 23.0 Å². The molecule has 0 spiro atoms.